The molecule has 29 heavy (non-hydrogen) atoms. The lowest BCUT2D eigenvalue weighted by atomic mass is 10.0. The molecular weight excluding hydrogens is 390 g/mol. The van der Waals surface area contributed by atoms with E-state index in [1.807, 2.05) is 53.6 Å². The van der Waals surface area contributed by atoms with Crippen LogP contribution in [0, 0.1) is 13.8 Å². The van der Waals surface area contributed by atoms with E-state index in [2.05, 4.69) is 15.2 Å². The van der Waals surface area contributed by atoms with Crippen molar-refractivity contribution < 1.29 is 13.2 Å². The summed E-state index contributed by atoms with van der Waals surface area (Å²) in [5.41, 5.74) is 5.78. The molecule has 2 heterocycles. The van der Waals surface area contributed by atoms with Crippen molar-refractivity contribution in [3.63, 3.8) is 0 Å². The van der Waals surface area contributed by atoms with Crippen molar-refractivity contribution in [1.29, 1.82) is 0 Å². The summed E-state index contributed by atoms with van der Waals surface area (Å²) in [5, 5.41) is 8.43. The van der Waals surface area contributed by atoms with Gasteiger partial charge in [0.05, 0.1) is 29.9 Å². The number of hydrogen-bond donors (Lipinski definition) is 1. The number of carbonyl (C=O) groups excluding carboxylic acids is 1. The summed E-state index contributed by atoms with van der Waals surface area (Å²) in [6.45, 7) is 5.18. The number of aromatic nitrogens is 3. The third kappa shape index (κ3) is 3.73. The van der Waals surface area contributed by atoms with Crippen LogP contribution in [0.3, 0.4) is 0 Å². The molecule has 1 aromatic heterocycles. The first-order chi connectivity index (χ1) is 13.7. The van der Waals surface area contributed by atoms with Crippen molar-refractivity contribution in [2.24, 2.45) is 0 Å². The van der Waals surface area contributed by atoms with Gasteiger partial charge in [0.2, 0.25) is 10.0 Å². The van der Waals surface area contributed by atoms with Crippen LogP contribution in [0.4, 0.5) is 11.4 Å². The third-order valence-corrected chi connectivity index (χ3v) is 5.42. The highest BCUT2D eigenvalue weighted by atomic mass is 32.2. The van der Waals surface area contributed by atoms with Crippen LogP contribution in [-0.4, -0.2) is 42.1 Å². The maximum Gasteiger partial charge on any atom is 0.264 e. The fraction of sp³-hybridized carbons (Fsp3) is 0.250. The smallest absolute Gasteiger partial charge is 0.264 e. The number of carbonyl (C=O) groups is 1. The normalized spacial score (nSPS) is 13.4. The van der Waals surface area contributed by atoms with Crippen LogP contribution < -0.4 is 9.62 Å². The van der Waals surface area contributed by atoms with Crippen molar-refractivity contribution in [2.75, 3.05) is 17.7 Å². The van der Waals surface area contributed by atoms with Gasteiger partial charge in [-0.2, -0.15) is 0 Å². The summed E-state index contributed by atoms with van der Waals surface area (Å²) in [6.07, 6.45) is 0.959. The van der Waals surface area contributed by atoms with E-state index >= 15 is 0 Å². The van der Waals surface area contributed by atoms with Crippen LogP contribution in [0.25, 0.3) is 11.3 Å². The molecule has 0 bridgehead atoms. The third-order valence-electron chi connectivity index (χ3n) is 4.87. The molecule has 0 unspecified atom stereocenters. The second-order valence-corrected chi connectivity index (χ2v) is 8.92. The van der Waals surface area contributed by atoms with Gasteiger partial charge in [0.25, 0.3) is 5.91 Å². The first-order valence-corrected chi connectivity index (χ1v) is 11.0. The quantitative estimate of drug-likeness (QED) is 0.711. The van der Waals surface area contributed by atoms with Crippen molar-refractivity contribution >= 4 is 27.3 Å². The summed E-state index contributed by atoms with van der Waals surface area (Å²) in [6, 6.07) is 13.3. The molecule has 0 saturated heterocycles. The van der Waals surface area contributed by atoms with Crippen LogP contribution in [0.5, 0.6) is 0 Å². The molecule has 1 amide bonds. The molecule has 9 heteroatoms. The predicted octanol–water partition coefficient (Wildman–Crippen LogP) is 2.40. The number of sulfonamides is 1. The molecule has 0 atom stereocenters. The number of anilines is 2. The Balaban J connectivity index is 1.88. The zero-order valence-electron chi connectivity index (χ0n) is 16.4. The lowest BCUT2D eigenvalue weighted by Crippen LogP contribution is -2.29. The van der Waals surface area contributed by atoms with E-state index in [1.165, 1.54) is 0 Å². The molecule has 4 rings (SSSR count). The first-order valence-electron chi connectivity index (χ1n) is 9.14. The molecular formula is C20H21N5O3S. The van der Waals surface area contributed by atoms with Crippen LogP contribution in [0.2, 0.25) is 0 Å². The van der Waals surface area contributed by atoms with Gasteiger partial charge < -0.3 is 4.90 Å². The minimum absolute atomic E-state index is 0.268. The largest absolute Gasteiger partial charge is 0.339 e. The molecule has 1 N–H and O–H groups in total. The Morgan fingerprint density at radius 2 is 1.79 bits per heavy atom. The van der Waals surface area contributed by atoms with E-state index in [0.717, 1.165) is 40.1 Å². The van der Waals surface area contributed by atoms with Gasteiger partial charge in [-0.1, -0.05) is 22.9 Å². The minimum Gasteiger partial charge on any atom is -0.339 e. The average molecular weight is 411 g/mol. The van der Waals surface area contributed by atoms with Gasteiger partial charge in [-0.25, -0.2) is 17.8 Å². The van der Waals surface area contributed by atoms with Gasteiger partial charge in [-0.05, 0) is 44.2 Å². The number of fused-ring (bicyclic) bond motifs is 3. The van der Waals surface area contributed by atoms with Crippen molar-refractivity contribution in [1.82, 2.24) is 19.7 Å². The molecule has 0 fully saturated rings. The monoisotopic (exact) mass is 411 g/mol. The Morgan fingerprint density at radius 3 is 2.48 bits per heavy atom. The number of rotatable bonds is 3. The highest BCUT2D eigenvalue weighted by molar-refractivity contribution is 7.89. The second kappa shape index (κ2) is 7.00. The molecule has 0 spiro atoms. The summed E-state index contributed by atoms with van der Waals surface area (Å²) in [7, 11) is -3.65. The molecule has 3 aromatic rings. The number of benzene rings is 2. The predicted molar refractivity (Wildman–Crippen MR) is 111 cm³/mol. The zero-order chi connectivity index (χ0) is 20.8. The maximum atomic E-state index is 12.4. The van der Waals surface area contributed by atoms with E-state index in [4.69, 9.17) is 0 Å². The number of nitrogens with zero attached hydrogens (tertiary/aromatic N) is 4. The molecule has 150 valence electrons. The Hall–Kier alpha value is -3.20. The lowest BCUT2D eigenvalue weighted by Gasteiger charge is -2.25. The molecule has 1 aliphatic heterocycles. The maximum absolute atomic E-state index is 12.4. The molecule has 1 aliphatic rings. The van der Waals surface area contributed by atoms with Crippen molar-refractivity contribution in [3.8, 4) is 11.3 Å². The van der Waals surface area contributed by atoms with E-state index in [0.29, 0.717) is 13.1 Å². The molecule has 8 nitrogen and oxygen atoms in total. The van der Waals surface area contributed by atoms with Crippen LogP contribution >= 0.6 is 0 Å². The SMILES string of the molecule is Cc1ccc(N2CCn3nnc(C)c3-c3ccc(C(=O)NS(C)(=O)=O)cc32)cc1. The van der Waals surface area contributed by atoms with E-state index in [9.17, 15) is 13.2 Å². The number of aryl methyl sites for hydroxylation is 2. The number of nitrogens with one attached hydrogen (secondary N) is 1. The van der Waals surface area contributed by atoms with Gasteiger partial charge in [-0.3, -0.25) is 4.79 Å². The summed E-state index contributed by atoms with van der Waals surface area (Å²) < 4.78 is 26.9. The van der Waals surface area contributed by atoms with Gasteiger partial charge in [0.15, 0.2) is 0 Å². The standard InChI is InChI=1S/C20H21N5O3S/c1-13-4-7-16(8-5-13)24-10-11-25-19(14(2)21-23-25)17-9-6-15(12-18(17)24)20(26)22-29(3,27)28/h4-9,12H,10-11H2,1-3H3,(H,22,26). The molecule has 2 aromatic carbocycles. The summed E-state index contributed by atoms with van der Waals surface area (Å²) >= 11 is 0. The van der Waals surface area contributed by atoms with Gasteiger partial charge in [0, 0.05) is 23.4 Å². The summed E-state index contributed by atoms with van der Waals surface area (Å²) in [4.78, 5) is 14.6. The molecule has 0 radical (unpaired) electrons. The lowest BCUT2D eigenvalue weighted by molar-refractivity contribution is 0.0981. The van der Waals surface area contributed by atoms with Gasteiger partial charge in [0.1, 0.15) is 0 Å². The first kappa shape index (κ1) is 19.1. The topological polar surface area (TPSA) is 97.2 Å². The van der Waals surface area contributed by atoms with Crippen molar-refractivity contribution in [2.45, 2.75) is 20.4 Å². The van der Waals surface area contributed by atoms with Crippen LogP contribution in [-0.2, 0) is 16.6 Å². The number of hydrogen-bond acceptors (Lipinski definition) is 6. The zero-order valence-corrected chi connectivity index (χ0v) is 17.2. The van der Waals surface area contributed by atoms with Gasteiger partial charge >= 0.3 is 0 Å². The highest BCUT2D eigenvalue weighted by Gasteiger charge is 2.25. The highest BCUT2D eigenvalue weighted by Crippen LogP contribution is 2.39. The second-order valence-electron chi connectivity index (χ2n) is 7.17. The van der Waals surface area contributed by atoms with Crippen LogP contribution in [0.15, 0.2) is 42.5 Å². The van der Waals surface area contributed by atoms with E-state index in [-0.39, 0.29) is 5.56 Å². The fourth-order valence-corrected chi connectivity index (χ4v) is 3.98. The molecule has 0 saturated carbocycles. The Morgan fingerprint density at radius 1 is 1.07 bits per heavy atom. The van der Waals surface area contributed by atoms with E-state index < -0.39 is 15.9 Å². The Bertz CT molecular complexity index is 1200. The Labute approximate surface area is 169 Å². The minimum atomic E-state index is -3.65. The fourth-order valence-electron chi connectivity index (χ4n) is 3.52. The molecule has 0 aliphatic carbocycles. The van der Waals surface area contributed by atoms with Crippen molar-refractivity contribution in [3.05, 3.63) is 59.3 Å². The van der Waals surface area contributed by atoms with Gasteiger partial charge in [-0.15, -0.1) is 5.10 Å². The number of amides is 1. The van der Waals surface area contributed by atoms with E-state index in [1.54, 1.807) is 12.1 Å². The summed E-state index contributed by atoms with van der Waals surface area (Å²) in [5.74, 6) is -0.660. The Kier molecular flexibility index (Phi) is 4.62. The van der Waals surface area contributed by atoms with Crippen LogP contribution in [0.1, 0.15) is 21.6 Å². The average Bonchev–Trinajstić information content (AvgIpc) is 2.93.